The molecular weight excluding hydrogens is 460 g/mol. The van der Waals surface area contributed by atoms with Crippen LogP contribution in [0.2, 0.25) is 0 Å². The van der Waals surface area contributed by atoms with Gasteiger partial charge in [0.1, 0.15) is 22.8 Å². The number of aliphatic hydroxyl groups excluding tert-OH is 2. The van der Waals surface area contributed by atoms with E-state index in [-0.39, 0.29) is 58.1 Å². The van der Waals surface area contributed by atoms with Crippen LogP contribution < -0.4 is 5.73 Å². The van der Waals surface area contributed by atoms with Gasteiger partial charge in [-0.3, -0.25) is 19.3 Å². The summed E-state index contributed by atoms with van der Waals surface area (Å²) in [5.41, 5.74) is -0.548. The average molecular weight is 487 g/mol. The molecule has 1 aromatic rings. The minimum Gasteiger partial charge on any atom is -1.00 e. The Balaban J connectivity index is 0.00000204. The normalized spacial score (nSPS) is 33.3. The largest absolute Gasteiger partial charge is 2.00 e. The number of amides is 1. The molecule has 1 saturated carbocycles. The van der Waals surface area contributed by atoms with Gasteiger partial charge in [0.05, 0.1) is 17.2 Å². The van der Waals surface area contributed by atoms with Crippen molar-refractivity contribution in [1.29, 1.82) is 0 Å². The zero-order valence-corrected chi connectivity index (χ0v) is 20.6. The Bertz CT molecular complexity index is 1170. The number of ketones is 2. The monoisotopic (exact) mass is 486 g/mol. The van der Waals surface area contributed by atoms with E-state index in [0.29, 0.717) is 0 Å². The van der Waals surface area contributed by atoms with Crippen LogP contribution in [0.15, 0.2) is 35.1 Å². The Kier molecular flexibility index (Phi) is 6.28. The number of nitrogens with zero attached hydrogens (tertiary/aromatic N) is 1. The van der Waals surface area contributed by atoms with Gasteiger partial charge < -0.3 is 34.1 Å². The van der Waals surface area contributed by atoms with Crippen LogP contribution in [0.25, 0.3) is 5.76 Å². The SMILES string of the molecule is CN(C)[C@@H]1C(=O)C(C(N)=O)=C(O)[C@@]2(O)C(=O)C3=C(O)c4c(O)cccc4[C@@](C)(O)[C@H]3C[C@@H]12.[Ca+2].[H-].[H-]. The smallest absolute Gasteiger partial charge is 1.00 e. The molecule has 7 N–H and O–H groups in total. The number of carbonyl (C=O) groups excluding carboxylic acids is 3. The molecule has 0 radical (unpaired) electrons. The molecule has 11 heteroatoms. The Labute approximate surface area is 222 Å². The van der Waals surface area contributed by atoms with Crippen molar-refractivity contribution < 1.29 is 42.8 Å². The average Bonchev–Trinajstić information content (AvgIpc) is 2.68. The predicted octanol–water partition coefficient (Wildman–Crippen LogP) is -0.527. The van der Waals surface area contributed by atoms with Gasteiger partial charge in [0, 0.05) is 17.4 Å². The van der Waals surface area contributed by atoms with Gasteiger partial charge in [-0.1, -0.05) is 12.1 Å². The molecule has 174 valence electrons. The second kappa shape index (κ2) is 8.07. The van der Waals surface area contributed by atoms with Crippen molar-refractivity contribution >= 4 is 61.0 Å². The molecule has 3 aliphatic rings. The van der Waals surface area contributed by atoms with Crippen LogP contribution in [-0.4, -0.2) is 111 Å². The van der Waals surface area contributed by atoms with Gasteiger partial charge in [-0.2, -0.15) is 0 Å². The summed E-state index contributed by atoms with van der Waals surface area (Å²) in [5.74, 6) is -7.90. The molecule has 0 bridgehead atoms. The molecule has 1 fully saturated rings. The number of phenolic OH excluding ortho intramolecular Hbond substituents is 1. The van der Waals surface area contributed by atoms with Crippen LogP contribution >= 0.6 is 0 Å². The van der Waals surface area contributed by atoms with Crippen molar-refractivity contribution in [1.82, 2.24) is 4.90 Å². The van der Waals surface area contributed by atoms with Crippen molar-refractivity contribution in [3.8, 4) is 5.75 Å². The Morgan fingerprint density at radius 2 is 1.79 bits per heavy atom. The summed E-state index contributed by atoms with van der Waals surface area (Å²) in [4.78, 5) is 40.0. The third kappa shape index (κ3) is 3.19. The molecule has 0 spiro atoms. The summed E-state index contributed by atoms with van der Waals surface area (Å²) < 4.78 is 0. The fourth-order valence-electron chi connectivity index (χ4n) is 5.50. The van der Waals surface area contributed by atoms with Crippen molar-refractivity contribution in [2.45, 2.75) is 30.6 Å². The molecule has 3 aliphatic carbocycles. The molecule has 0 saturated heterocycles. The van der Waals surface area contributed by atoms with Gasteiger partial charge in [-0.05, 0) is 39.1 Å². The van der Waals surface area contributed by atoms with Gasteiger partial charge in [-0.15, -0.1) is 0 Å². The van der Waals surface area contributed by atoms with E-state index in [9.17, 15) is 39.9 Å². The van der Waals surface area contributed by atoms with Gasteiger partial charge in [0.2, 0.25) is 5.78 Å². The molecule has 0 heterocycles. The summed E-state index contributed by atoms with van der Waals surface area (Å²) in [5, 5.41) is 54.9. The van der Waals surface area contributed by atoms with Crippen LogP contribution in [0.4, 0.5) is 0 Å². The minimum absolute atomic E-state index is 0. The standard InChI is InChI=1S/C22H24N2O8.Ca.2H/c1-21(31)8-5-4-6-11(25)12(8)16(26)13-9(21)7-10-15(24(2)3)17(27)14(20(23)30)19(29)22(10,32)18(13)28;;;/h4-6,9-10,15,25-26,29,31-32H,7H2,1-3H3,(H2,23,30);;;/q;+2;2*-1/t9-,10-,15-,21+,22-;;;/m0.../s1. The molecule has 1 amide bonds. The first-order valence-corrected chi connectivity index (χ1v) is 9.97. The fourth-order valence-corrected chi connectivity index (χ4v) is 5.50. The molecular formula is C22H26CaN2O8. The zero-order valence-electron chi connectivity index (χ0n) is 20.4. The van der Waals surface area contributed by atoms with Gasteiger partial charge in [0.15, 0.2) is 11.4 Å². The number of rotatable bonds is 2. The van der Waals surface area contributed by atoms with E-state index in [1.807, 2.05) is 0 Å². The first kappa shape index (κ1) is 25.7. The number of fused-ring (bicyclic) bond motifs is 3. The maximum atomic E-state index is 13.7. The first-order chi connectivity index (χ1) is 14.8. The molecule has 5 atom stereocenters. The van der Waals surface area contributed by atoms with Crippen LogP contribution in [-0.2, 0) is 20.0 Å². The second-order valence-corrected chi connectivity index (χ2v) is 8.96. The predicted molar refractivity (Wildman–Crippen MR) is 118 cm³/mol. The number of hydrogen-bond acceptors (Lipinski definition) is 9. The quantitative estimate of drug-likeness (QED) is 0.236. The van der Waals surface area contributed by atoms with Crippen molar-refractivity contribution in [2.75, 3.05) is 14.1 Å². The van der Waals surface area contributed by atoms with Crippen LogP contribution in [0.5, 0.6) is 5.75 Å². The van der Waals surface area contributed by atoms with Crippen molar-refractivity contribution in [3.63, 3.8) is 0 Å². The third-order valence-electron chi connectivity index (χ3n) is 7.02. The number of aliphatic hydroxyl groups is 4. The Morgan fingerprint density at radius 3 is 2.33 bits per heavy atom. The van der Waals surface area contributed by atoms with Crippen LogP contribution in [0.1, 0.15) is 27.3 Å². The van der Waals surface area contributed by atoms with Crippen LogP contribution in [0, 0.1) is 11.8 Å². The van der Waals surface area contributed by atoms with Gasteiger partial charge in [0.25, 0.3) is 5.91 Å². The molecule has 0 unspecified atom stereocenters. The molecule has 0 aromatic heterocycles. The third-order valence-corrected chi connectivity index (χ3v) is 7.02. The zero-order chi connectivity index (χ0) is 23.9. The fraction of sp³-hybridized carbons (Fsp3) is 0.409. The summed E-state index contributed by atoms with van der Waals surface area (Å²) >= 11 is 0. The maximum absolute atomic E-state index is 13.7. The van der Waals surface area contributed by atoms with Gasteiger partial charge in [-0.25, -0.2) is 0 Å². The van der Waals surface area contributed by atoms with Crippen LogP contribution in [0.3, 0.4) is 0 Å². The van der Waals surface area contributed by atoms with Gasteiger partial charge >= 0.3 is 37.7 Å². The van der Waals surface area contributed by atoms with E-state index in [2.05, 4.69) is 0 Å². The minimum atomic E-state index is -2.75. The molecule has 33 heavy (non-hydrogen) atoms. The Hall–Kier alpha value is -1.95. The number of Topliss-reactive ketones (excluding diaryl/α,β-unsaturated/α-hetero) is 2. The van der Waals surface area contributed by atoms with Crippen molar-refractivity contribution in [3.05, 3.63) is 46.2 Å². The number of aromatic hydroxyl groups is 1. The Morgan fingerprint density at radius 1 is 1.18 bits per heavy atom. The number of hydrogen-bond donors (Lipinski definition) is 6. The molecule has 10 nitrogen and oxygen atoms in total. The first-order valence-electron chi connectivity index (χ1n) is 9.97. The van der Waals surface area contributed by atoms with E-state index in [4.69, 9.17) is 5.73 Å². The maximum Gasteiger partial charge on any atom is 2.00 e. The number of phenols is 1. The van der Waals surface area contributed by atoms with E-state index in [1.165, 1.54) is 44.1 Å². The number of nitrogens with two attached hydrogens (primary N) is 1. The summed E-state index contributed by atoms with van der Waals surface area (Å²) in [6.45, 7) is 1.40. The summed E-state index contributed by atoms with van der Waals surface area (Å²) in [7, 11) is 3.01. The second-order valence-electron chi connectivity index (χ2n) is 8.96. The number of carbonyl (C=O) groups is 3. The van der Waals surface area contributed by atoms with E-state index in [0.717, 1.165) is 0 Å². The van der Waals surface area contributed by atoms with E-state index >= 15 is 0 Å². The number of likely N-dealkylation sites (N-methyl/N-ethyl adjacent to an activating group) is 1. The van der Waals surface area contributed by atoms with E-state index in [1.54, 1.807) is 0 Å². The molecule has 0 aliphatic heterocycles. The van der Waals surface area contributed by atoms with E-state index < -0.39 is 75.0 Å². The topological polar surface area (TPSA) is 182 Å². The molecule has 1 aromatic carbocycles. The summed E-state index contributed by atoms with van der Waals surface area (Å²) in [6, 6.07) is 3.02. The number of primary amides is 1. The summed E-state index contributed by atoms with van der Waals surface area (Å²) in [6.07, 6.45) is -0.200. The van der Waals surface area contributed by atoms with Crippen molar-refractivity contribution in [2.24, 2.45) is 17.6 Å². The number of benzene rings is 1. The molecule has 4 rings (SSSR count).